The maximum Gasteiger partial charge on any atom is 0.227 e. The lowest BCUT2D eigenvalue weighted by Crippen LogP contribution is -2.33. The van der Waals surface area contributed by atoms with E-state index in [1.165, 1.54) is 11.8 Å². The van der Waals surface area contributed by atoms with Gasteiger partial charge in [0.25, 0.3) is 0 Å². The summed E-state index contributed by atoms with van der Waals surface area (Å²) in [6.07, 6.45) is 2.40. The molecule has 0 saturated heterocycles. The molecule has 1 aliphatic carbocycles. The molecule has 126 valence electrons. The van der Waals surface area contributed by atoms with Crippen molar-refractivity contribution in [3.05, 3.63) is 51.7 Å². The minimum Gasteiger partial charge on any atom is -0.496 e. The van der Waals surface area contributed by atoms with Gasteiger partial charge in [-0.05, 0) is 49.4 Å². The summed E-state index contributed by atoms with van der Waals surface area (Å²) >= 11 is 1.67. The van der Waals surface area contributed by atoms with Crippen molar-refractivity contribution in [3.63, 3.8) is 0 Å². The van der Waals surface area contributed by atoms with Crippen LogP contribution in [0.4, 0.5) is 0 Å². The highest BCUT2D eigenvalue weighted by Crippen LogP contribution is 2.31. The van der Waals surface area contributed by atoms with E-state index in [0.717, 1.165) is 18.4 Å². The van der Waals surface area contributed by atoms with Crippen LogP contribution >= 0.6 is 11.3 Å². The summed E-state index contributed by atoms with van der Waals surface area (Å²) in [5.41, 5.74) is 1.38. The molecule has 2 aromatic rings. The van der Waals surface area contributed by atoms with E-state index < -0.39 is 0 Å². The van der Waals surface area contributed by atoms with Crippen LogP contribution in [0.15, 0.2) is 35.7 Å². The molecule has 0 atom stereocenters. The van der Waals surface area contributed by atoms with Crippen LogP contribution in [0.25, 0.3) is 0 Å². The van der Waals surface area contributed by atoms with Gasteiger partial charge in [-0.25, -0.2) is 0 Å². The van der Waals surface area contributed by atoms with Crippen molar-refractivity contribution in [2.24, 2.45) is 0 Å². The Labute approximate surface area is 146 Å². The van der Waals surface area contributed by atoms with E-state index >= 15 is 0 Å². The lowest BCUT2D eigenvalue weighted by molar-refractivity contribution is -0.131. The summed E-state index contributed by atoms with van der Waals surface area (Å²) in [4.78, 5) is 27.6. The summed E-state index contributed by atoms with van der Waals surface area (Å²) in [6.45, 7) is 2.19. The van der Waals surface area contributed by atoms with Gasteiger partial charge in [-0.3, -0.25) is 9.59 Å². The quantitative estimate of drug-likeness (QED) is 0.720. The van der Waals surface area contributed by atoms with Crippen molar-refractivity contribution in [2.75, 3.05) is 7.11 Å². The zero-order chi connectivity index (χ0) is 17.1. The zero-order valence-corrected chi connectivity index (χ0v) is 14.8. The molecule has 1 aromatic heterocycles. The highest BCUT2D eigenvalue weighted by molar-refractivity contribution is 7.09. The molecule has 0 bridgehead atoms. The fourth-order valence-electron chi connectivity index (χ4n) is 2.78. The van der Waals surface area contributed by atoms with Gasteiger partial charge in [0.15, 0.2) is 5.78 Å². The minimum atomic E-state index is -0.0102. The van der Waals surface area contributed by atoms with E-state index in [9.17, 15) is 9.59 Å². The van der Waals surface area contributed by atoms with E-state index in [2.05, 4.69) is 6.07 Å². The maximum atomic E-state index is 12.9. The topological polar surface area (TPSA) is 46.6 Å². The number of thiophene rings is 1. The highest BCUT2D eigenvalue weighted by atomic mass is 32.1. The third-order valence-corrected chi connectivity index (χ3v) is 5.10. The van der Waals surface area contributed by atoms with Gasteiger partial charge in [-0.2, -0.15) is 0 Å². The van der Waals surface area contributed by atoms with Gasteiger partial charge >= 0.3 is 0 Å². The number of carbonyl (C=O) groups excluding carboxylic acids is 2. The third kappa shape index (κ3) is 3.85. The van der Waals surface area contributed by atoms with Crippen LogP contribution in [-0.2, 0) is 17.8 Å². The molecule has 0 unspecified atom stereocenters. The first-order valence-corrected chi connectivity index (χ1v) is 8.96. The van der Waals surface area contributed by atoms with E-state index in [-0.39, 0.29) is 18.1 Å². The van der Waals surface area contributed by atoms with Crippen LogP contribution in [0, 0.1) is 0 Å². The summed E-state index contributed by atoms with van der Waals surface area (Å²) in [7, 11) is 1.58. The van der Waals surface area contributed by atoms with Gasteiger partial charge in [-0.1, -0.05) is 6.07 Å². The first-order chi connectivity index (χ1) is 11.6. The zero-order valence-electron chi connectivity index (χ0n) is 14.0. The Morgan fingerprint density at radius 1 is 1.29 bits per heavy atom. The minimum absolute atomic E-state index is 0.0102. The van der Waals surface area contributed by atoms with E-state index in [1.807, 2.05) is 16.3 Å². The molecule has 0 radical (unpaired) electrons. The molecule has 4 nitrogen and oxygen atoms in total. The number of hydrogen-bond acceptors (Lipinski definition) is 4. The average molecular weight is 343 g/mol. The third-order valence-electron chi connectivity index (χ3n) is 4.24. The predicted octanol–water partition coefficient (Wildman–Crippen LogP) is 3.69. The van der Waals surface area contributed by atoms with Crippen molar-refractivity contribution < 1.29 is 14.3 Å². The molecule has 5 heteroatoms. The molecule has 3 rings (SSSR count). The highest BCUT2D eigenvalue weighted by Gasteiger charge is 2.33. The van der Waals surface area contributed by atoms with E-state index in [0.29, 0.717) is 23.9 Å². The smallest absolute Gasteiger partial charge is 0.227 e. The fraction of sp³-hybridized carbons (Fsp3) is 0.368. The number of amides is 1. The Morgan fingerprint density at radius 2 is 2.08 bits per heavy atom. The second-order valence-electron chi connectivity index (χ2n) is 6.09. The lowest BCUT2D eigenvalue weighted by Gasteiger charge is -2.22. The molecular formula is C19H21NO3S. The van der Waals surface area contributed by atoms with Crippen LogP contribution < -0.4 is 4.74 Å². The van der Waals surface area contributed by atoms with Crippen molar-refractivity contribution in [2.45, 2.75) is 38.8 Å². The van der Waals surface area contributed by atoms with Gasteiger partial charge < -0.3 is 9.64 Å². The number of ketones is 1. The molecule has 1 fully saturated rings. The van der Waals surface area contributed by atoms with Gasteiger partial charge in [0, 0.05) is 22.0 Å². The van der Waals surface area contributed by atoms with Crippen LogP contribution in [0.5, 0.6) is 5.75 Å². The van der Waals surface area contributed by atoms with Crippen molar-refractivity contribution >= 4 is 23.0 Å². The average Bonchev–Trinajstić information content (AvgIpc) is 3.28. The van der Waals surface area contributed by atoms with E-state index in [1.54, 1.807) is 36.6 Å². The summed E-state index contributed by atoms with van der Waals surface area (Å²) in [6, 6.07) is 9.69. The first kappa shape index (κ1) is 16.7. The molecule has 1 saturated carbocycles. The SMILES string of the molecule is COc1ccc(C(C)=O)cc1CC(=O)N(Cc1cccs1)C1CC1. The molecule has 0 N–H and O–H groups in total. The molecular weight excluding hydrogens is 322 g/mol. The second kappa shape index (κ2) is 7.18. The van der Waals surface area contributed by atoms with Crippen molar-refractivity contribution in [1.29, 1.82) is 0 Å². The normalized spacial score (nSPS) is 13.6. The van der Waals surface area contributed by atoms with Crippen LogP contribution in [0.1, 0.15) is 40.6 Å². The number of nitrogens with zero attached hydrogens (tertiary/aromatic N) is 1. The second-order valence-corrected chi connectivity index (χ2v) is 7.12. The summed E-state index contributed by atoms with van der Waals surface area (Å²) in [5, 5.41) is 2.03. The molecule has 0 spiro atoms. The number of Topliss-reactive ketones (excluding diaryl/α,β-unsaturated/α-hetero) is 1. The van der Waals surface area contributed by atoms with Crippen molar-refractivity contribution in [3.8, 4) is 5.75 Å². The number of ether oxygens (including phenoxy) is 1. The van der Waals surface area contributed by atoms with Crippen LogP contribution in [0.3, 0.4) is 0 Å². The summed E-state index contributed by atoms with van der Waals surface area (Å²) < 4.78 is 5.36. The Kier molecular flexibility index (Phi) is 5.00. The number of benzene rings is 1. The van der Waals surface area contributed by atoms with E-state index in [4.69, 9.17) is 4.74 Å². The Hall–Kier alpha value is -2.14. The lowest BCUT2D eigenvalue weighted by atomic mass is 10.0. The monoisotopic (exact) mass is 343 g/mol. The molecule has 1 aliphatic rings. The standard InChI is InChI=1S/C19H21NO3S/c1-13(21)14-5-8-18(23-2)15(10-14)11-19(22)20(16-6-7-16)12-17-4-3-9-24-17/h3-5,8-10,16H,6-7,11-12H2,1-2H3. The first-order valence-electron chi connectivity index (χ1n) is 8.08. The number of carbonyl (C=O) groups is 2. The molecule has 1 aromatic carbocycles. The number of hydrogen-bond donors (Lipinski definition) is 0. The Balaban J connectivity index is 1.79. The Bertz CT molecular complexity index is 735. The number of rotatable bonds is 7. The van der Waals surface area contributed by atoms with Crippen LogP contribution in [0.2, 0.25) is 0 Å². The molecule has 1 amide bonds. The van der Waals surface area contributed by atoms with Gasteiger partial charge in [-0.15, -0.1) is 11.3 Å². The molecule has 0 aliphatic heterocycles. The van der Waals surface area contributed by atoms with Gasteiger partial charge in [0.2, 0.25) is 5.91 Å². The molecule has 24 heavy (non-hydrogen) atoms. The predicted molar refractivity (Wildman–Crippen MR) is 94.6 cm³/mol. The summed E-state index contributed by atoms with van der Waals surface area (Å²) in [5.74, 6) is 0.731. The number of methoxy groups -OCH3 is 1. The van der Waals surface area contributed by atoms with Crippen LogP contribution in [-0.4, -0.2) is 29.7 Å². The van der Waals surface area contributed by atoms with Crippen molar-refractivity contribution in [1.82, 2.24) is 4.90 Å². The maximum absolute atomic E-state index is 12.9. The van der Waals surface area contributed by atoms with Gasteiger partial charge in [0.05, 0.1) is 20.1 Å². The fourth-order valence-corrected chi connectivity index (χ4v) is 3.48. The molecule has 1 heterocycles. The Morgan fingerprint density at radius 3 is 2.67 bits per heavy atom. The van der Waals surface area contributed by atoms with Gasteiger partial charge in [0.1, 0.15) is 5.75 Å². The largest absolute Gasteiger partial charge is 0.496 e.